The van der Waals surface area contributed by atoms with Crippen LogP contribution in [0.2, 0.25) is 5.02 Å². The summed E-state index contributed by atoms with van der Waals surface area (Å²) in [5, 5.41) is 2.74. The quantitative estimate of drug-likeness (QED) is 0.673. The number of alkyl halides is 3. The van der Waals surface area contributed by atoms with Crippen molar-refractivity contribution in [1.82, 2.24) is 14.9 Å². The average Bonchev–Trinajstić information content (AvgIpc) is 3.09. The molecule has 0 unspecified atom stereocenters. The van der Waals surface area contributed by atoms with E-state index in [-0.39, 0.29) is 41.7 Å². The van der Waals surface area contributed by atoms with E-state index in [0.29, 0.717) is 48.6 Å². The molecule has 176 valence electrons. The zero-order chi connectivity index (χ0) is 23.6. The zero-order valence-electron chi connectivity index (χ0n) is 17.3. The van der Waals surface area contributed by atoms with E-state index < -0.39 is 12.8 Å². The Bertz CT molecular complexity index is 1060. The number of carbonyl (C=O) groups excluding carboxylic acids is 2. The van der Waals surface area contributed by atoms with Crippen molar-refractivity contribution in [3.05, 3.63) is 46.2 Å². The number of nitrogens with zero attached hydrogens (tertiary/aromatic N) is 3. The smallest absolute Gasteiger partial charge is 0.422 e. The average molecular weight is 485 g/mol. The Balaban J connectivity index is 1.44. The van der Waals surface area contributed by atoms with Gasteiger partial charge in [0.15, 0.2) is 6.61 Å². The molecule has 8 nitrogen and oxygen atoms in total. The number of hydrogen-bond donors (Lipinski definition) is 1. The molecule has 1 fully saturated rings. The lowest BCUT2D eigenvalue weighted by Crippen LogP contribution is -2.29. The van der Waals surface area contributed by atoms with Crippen LogP contribution in [0.5, 0.6) is 5.88 Å². The predicted molar refractivity (Wildman–Crippen MR) is 111 cm³/mol. The molecule has 12 heteroatoms. The molecule has 1 saturated heterocycles. The summed E-state index contributed by atoms with van der Waals surface area (Å²) in [6.07, 6.45) is -0.487. The van der Waals surface area contributed by atoms with Gasteiger partial charge in [0.1, 0.15) is 10.8 Å². The first-order valence-corrected chi connectivity index (χ1v) is 10.6. The number of carbonyl (C=O) groups is 2. The van der Waals surface area contributed by atoms with E-state index in [1.54, 1.807) is 6.07 Å². The molecule has 33 heavy (non-hydrogen) atoms. The number of hydrogen-bond acceptors (Lipinski definition) is 6. The van der Waals surface area contributed by atoms with Gasteiger partial charge in [0.25, 0.3) is 5.91 Å². The van der Waals surface area contributed by atoms with Crippen LogP contribution in [0.15, 0.2) is 24.5 Å². The van der Waals surface area contributed by atoms with E-state index in [2.05, 4.69) is 20.0 Å². The third-order valence-electron chi connectivity index (χ3n) is 5.37. The van der Waals surface area contributed by atoms with E-state index in [0.717, 1.165) is 0 Å². The maximum Gasteiger partial charge on any atom is 0.422 e. The highest BCUT2D eigenvalue weighted by molar-refractivity contribution is 6.31. The molecule has 2 aromatic heterocycles. The van der Waals surface area contributed by atoms with Gasteiger partial charge in [-0.3, -0.25) is 9.59 Å². The third-order valence-corrected chi connectivity index (χ3v) is 5.64. The van der Waals surface area contributed by atoms with Crippen LogP contribution in [-0.4, -0.2) is 52.7 Å². The number of rotatable bonds is 6. The molecule has 0 radical (unpaired) electrons. The number of halogens is 4. The monoisotopic (exact) mass is 484 g/mol. The van der Waals surface area contributed by atoms with Crippen molar-refractivity contribution >= 4 is 29.2 Å². The fraction of sp³-hybridized carbons (Fsp3) is 0.429. The molecule has 2 amide bonds. The van der Waals surface area contributed by atoms with Crippen molar-refractivity contribution < 1.29 is 32.2 Å². The SMILES string of the molecule is O=C(Nc1nccc2c1CN(Cc1cnc(OCC(F)(F)F)c(Cl)c1)C2=O)C1CCOCC1. The standard InChI is InChI=1S/C21H20ClF3N4O4/c22-16-7-12(8-27-19(16)33-11-21(23,24)25)9-29-10-15-14(20(29)31)1-4-26-17(15)28-18(30)13-2-5-32-6-3-13/h1,4,7-8,13H,2-3,5-6,9-11H2,(H,26,28,30). The maximum absolute atomic E-state index is 12.9. The van der Waals surface area contributed by atoms with Crippen molar-refractivity contribution in [3.8, 4) is 5.88 Å². The molecular formula is C21H20ClF3N4O4. The Labute approximate surface area is 192 Å². The Kier molecular flexibility index (Phi) is 6.71. The van der Waals surface area contributed by atoms with Crippen molar-refractivity contribution in [2.24, 2.45) is 5.92 Å². The Morgan fingerprint density at radius 3 is 2.76 bits per heavy atom. The van der Waals surface area contributed by atoms with Crippen molar-refractivity contribution in [1.29, 1.82) is 0 Å². The molecule has 0 aliphatic carbocycles. The van der Waals surface area contributed by atoms with Gasteiger partial charge in [-0.1, -0.05) is 11.6 Å². The van der Waals surface area contributed by atoms with Crippen molar-refractivity contribution in [2.45, 2.75) is 32.1 Å². The summed E-state index contributed by atoms with van der Waals surface area (Å²) in [7, 11) is 0. The Morgan fingerprint density at radius 1 is 1.30 bits per heavy atom. The molecule has 0 saturated carbocycles. The maximum atomic E-state index is 12.9. The van der Waals surface area contributed by atoms with Crippen LogP contribution in [0.4, 0.5) is 19.0 Å². The molecule has 2 aliphatic rings. The highest BCUT2D eigenvalue weighted by Crippen LogP contribution is 2.31. The first-order valence-electron chi connectivity index (χ1n) is 10.2. The molecule has 0 atom stereocenters. The topological polar surface area (TPSA) is 93.7 Å². The largest absolute Gasteiger partial charge is 0.467 e. The van der Waals surface area contributed by atoms with Gasteiger partial charge in [0.05, 0.1) is 6.54 Å². The Hall–Kier alpha value is -2.92. The molecule has 1 N–H and O–H groups in total. The number of amides is 2. The summed E-state index contributed by atoms with van der Waals surface area (Å²) < 4.78 is 46.9. The van der Waals surface area contributed by atoms with Crippen LogP contribution in [0.25, 0.3) is 0 Å². The third kappa shape index (κ3) is 5.53. The number of anilines is 1. The van der Waals surface area contributed by atoms with Crippen molar-refractivity contribution in [2.75, 3.05) is 25.1 Å². The minimum Gasteiger partial charge on any atom is -0.467 e. The fourth-order valence-electron chi connectivity index (χ4n) is 3.73. The molecule has 4 heterocycles. The van der Waals surface area contributed by atoms with Gasteiger partial charge < -0.3 is 19.7 Å². The minimum absolute atomic E-state index is 0.0907. The predicted octanol–water partition coefficient (Wildman–Crippen LogP) is 3.59. The number of nitrogens with one attached hydrogen (secondary N) is 1. The van der Waals surface area contributed by atoms with E-state index in [1.165, 1.54) is 23.4 Å². The summed E-state index contributed by atoms with van der Waals surface area (Å²) in [4.78, 5) is 35.1. The van der Waals surface area contributed by atoms with Gasteiger partial charge in [-0.05, 0) is 30.5 Å². The van der Waals surface area contributed by atoms with E-state index in [9.17, 15) is 22.8 Å². The second-order valence-electron chi connectivity index (χ2n) is 7.76. The van der Waals surface area contributed by atoms with Crippen LogP contribution in [0.3, 0.4) is 0 Å². The van der Waals surface area contributed by atoms with Gasteiger partial charge in [0.2, 0.25) is 11.8 Å². The van der Waals surface area contributed by atoms with Crippen LogP contribution in [0, 0.1) is 5.92 Å². The van der Waals surface area contributed by atoms with Gasteiger partial charge in [-0.2, -0.15) is 13.2 Å². The van der Waals surface area contributed by atoms with Gasteiger partial charge in [0, 0.05) is 49.2 Å². The van der Waals surface area contributed by atoms with Crippen LogP contribution < -0.4 is 10.1 Å². The lowest BCUT2D eigenvalue weighted by Gasteiger charge is -2.21. The molecule has 0 aromatic carbocycles. The Morgan fingerprint density at radius 2 is 2.06 bits per heavy atom. The van der Waals surface area contributed by atoms with Gasteiger partial charge in [-0.15, -0.1) is 0 Å². The molecule has 0 bridgehead atoms. The van der Waals surface area contributed by atoms with E-state index >= 15 is 0 Å². The normalized spacial score (nSPS) is 16.6. The molecule has 4 rings (SSSR count). The number of aromatic nitrogens is 2. The van der Waals surface area contributed by atoms with Crippen LogP contribution >= 0.6 is 11.6 Å². The van der Waals surface area contributed by atoms with Crippen LogP contribution in [0.1, 0.15) is 34.3 Å². The zero-order valence-corrected chi connectivity index (χ0v) is 18.1. The summed E-state index contributed by atoms with van der Waals surface area (Å²) in [6.45, 7) is -0.126. The highest BCUT2D eigenvalue weighted by Gasteiger charge is 2.32. The first-order chi connectivity index (χ1) is 15.7. The minimum atomic E-state index is -4.51. The first kappa shape index (κ1) is 23.2. The number of fused-ring (bicyclic) bond motifs is 1. The molecular weight excluding hydrogens is 465 g/mol. The summed E-state index contributed by atoms with van der Waals surface area (Å²) in [5.74, 6) is -0.586. The lowest BCUT2D eigenvalue weighted by atomic mass is 9.99. The number of ether oxygens (including phenoxy) is 2. The molecule has 0 spiro atoms. The lowest BCUT2D eigenvalue weighted by molar-refractivity contribution is -0.154. The highest BCUT2D eigenvalue weighted by atomic mass is 35.5. The van der Waals surface area contributed by atoms with Gasteiger partial charge in [-0.25, -0.2) is 9.97 Å². The summed E-state index contributed by atoms with van der Waals surface area (Å²) in [5.41, 5.74) is 1.55. The van der Waals surface area contributed by atoms with Crippen LogP contribution in [-0.2, 0) is 22.6 Å². The number of pyridine rings is 2. The van der Waals surface area contributed by atoms with E-state index in [1.807, 2.05) is 0 Å². The summed E-state index contributed by atoms with van der Waals surface area (Å²) in [6, 6.07) is 2.99. The summed E-state index contributed by atoms with van der Waals surface area (Å²) >= 11 is 6.00. The van der Waals surface area contributed by atoms with Gasteiger partial charge >= 0.3 is 6.18 Å². The second kappa shape index (κ2) is 9.52. The van der Waals surface area contributed by atoms with E-state index in [4.69, 9.17) is 16.3 Å². The molecule has 2 aliphatic heterocycles. The van der Waals surface area contributed by atoms with Crippen molar-refractivity contribution in [3.63, 3.8) is 0 Å². The fourth-order valence-corrected chi connectivity index (χ4v) is 3.97. The second-order valence-corrected chi connectivity index (χ2v) is 8.16. The molecule has 2 aromatic rings.